The average Bonchev–Trinajstić information content (AvgIpc) is 2.30. The Hall–Kier alpha value is 0.200. The van der Waals surface area contributed by atoms with Crippen molar-refractivity contribution in [2.45, 2.75) is 31.0 Å². The zero-order valence-corrected chi connectivity index (χ0v) is 13.0. The average molecular weight is 512 g/mol. The van der Waals surface area contributed by atoms with Gasteiger partial charge in [-0.1, -0.05) is 0 Å². The first-order valence-corrected chi connectivity index (χ1v) is 5.45. The summed E-state index contributed by atoms with van der Waals surface area (Å²) < 4.78 is 4.60. The van der Waals surface area contributed by atoms with Crippen LogP contribution in [0.4, 0.5) is 0 Å². The molecule has 0 bridgehead atoms. The van der Waals surface area contributed by atoms with Crippen LogP contribution in [0.5, 0.6) is 0 Å². The largest absolute Gasteiger partial charge is 0 e. The zero-order valence-electron chi connectivity index (χ0n) is 9.07. The van der Waals surface area contributed by atoms with Gasteiger partial charge in [-0.2, -0.15) is 0 Å². The van der Waals surface area contributed by atoms with Gasteiger partial charge in [0.25, 0.3) is 0 Å². The standard InChI is InChI=1S/C8H12O8Se.Au/c1-3(10)14-8(7(17)15-16-8)6(13)5(12)4(11)2-9;/h4-6,9,11-13H,2H2,1H3;/t4-,5-,6+,8-;/m1./s1. The van der Waals surface area contributed by atoms with Crippen LogP contribution in [0.15, 0.2) is 0 Å². The molecule has 10 heteroatoms. The van der Waals surface area contributed by atoms with Crippen molar-refractivity contribution in [3.63, 3.8) is 0 Å². The summed E-state index contributed by atoms with van der Waals surface area (Å²) in [6.45, 7) is 0.288. The molecule has 1 saturated heterocycles. The third-order valence-electron chi connectivity index (χ3n) is 2.12. The minimum atomic E-state index is -2.01. The molecule has 4 N–H and O–H groups in total. The Morgan fingerprint density at radius 2 is 2.06 bits per heavy atom. The van der Waals surface area contributed by atoms with E-state index in [1.54, 1.807) is 0 Å². The van der Waals surface area contributed by atoms with Crippen LogP contribution in [0, 0.1) is 0 Å². The first kappa shape index (κ1) is 18.2. The number of carbonyl (C=O) groups excluding carboxylic acids is 1. The van der Waals surface area contributed by atoms with Gasteiger partial charge in [-0.05, 0) is 0 Å². The van der Waals surface area contributed by atoms with Crippen LogP contribution in [0.1, 0.15) is 6.92 Å². The fourth-order valence-electron chi connectivity index (χ4n) is 1.20. The summed E-state index contributed by atoms with van der Waals surface area (Å²) in [6, 6.07) is 0. The fraction of sp³-hybridized carbons (Fsp3) is 0.750. The Kier molecular flexibility index (Phi) is 7.19. The van der Waals surface area contributed by atoms with E-state index in [2.05, 4.69) is 25.4 Å². The van der Waals surface area contributed by atoms with E-state index in [4.69, 9.17) is 9.84 Å². The first-order chi connectivity index (χ1) is 7.85. The molecule has 8 nitrogen and oxygen atoms in total. The van der Waals surface area contributed by atoms with Crippen molar-refractivity contribution in [2.75, 3.05) is 6.61 Å². The zero-order chi connectivity index (χ0) is 13.2. The second-order valence-corrected chi connectivity index (χ2v) is 4.18. The smallest absolute Gasteiger partial charge is 0 e. The molecule has 1 rings (SSSR count). The number of ether oxygens (including phenoxy) is 1. The molecular weight excluding hydrogens is 500 g/mol. The second-order valence-electron chi connectivity index (χ2n) is 3.40. The minimum absolute atomic E-state index is 0. The van der Waals surface area contributed by atoms with Crippen LogP contribution in [0.2, 0.25) is 0 Å². The third kappa shape index (κ3) is 3.40. The number of rotatable bonds is 5. The van der Waals surface area contributed by atoms with Gasteiger partial charge < -0.3 is 0 Å². The topological polar surface area (TPSA) is 126 Å². The van der Waals surface area contributed by atoms with Gasteiger partial charge in [0.05, 0.1) is 0 Å². The molecule has 0 aliphatic carbocycles. The minimum Gasteiger partial charge on any atom is 0 e. The van der Waals surface area contributed by atoms with Crippen LogP contribution >= 0.6 is 0 Å². The van der Waals surface area contributed by atoms with Gasteiger partial charge in [0.15, 0.2) is 0 Å². The number of hydrogen-bond acceptors (Lipinski definition) is 8. The van der Waals surface area contributed by atoms with E-state index in [0.29, 0.717) is 0 Å². The number of esters is 1. The van der Waals surface area contributed by atoms with Gasteiger partial charge in [0, 0.05) is 22.4 Å². The molecule has 0 aromatic rings. The van der Waals surface area contributed by atoms with Crippen LogP contribution in [-0.2, 0) is 41.7 Å². The van der Waals surface area contributed by atoms with Gasteiger partial charge >= 0.3 is 104 Å². The summed E-state index contributed by atoms with van der Waals surface area (Å²) in [5.41, 5.74) is 0. The van der Waals surface area contributed by atoms with Crippen molar-refractivity contribution >= 4 is 26.1 Å². The molecule has 0 aromatic carbocycles. The van der Waals surface area contributed by atoms with E-state index < -0.39 is 36.7 Å². The normalized spacial score (nSPS) is 27.1. The second kappa shape index (κ2) is 7.11. The van der Waals surface area contributed by atoms with E-state index in [0.717, 1.165) is 6.92 Å². The summed E-state index contributed by atoms with van der Waals surface area (Å²) >= 11 is 2.34. The summed E-state index contributed by atoms with van der Waals surface area (Å²) in [5.74, 6) is -2.80. The molecule has 1 fully saturated rings. The fourth-order valence-corrected chi connectivity index (χ4v) is 1.69. The van der Waals surface area contributed by atoms with E-state index in [-0.39, 0.29) is 27.0 Å². The van der Waals surface area contributed by atoms with Crippen molar-refractivity contribution in [3.8, 4) is 0 Å². The summed E-state index contributed by atoms with van der Waals surface area (Å²) in [7, 11) is 0. The molecule has 4 atom stereocenters. The van der Waals surface area contributed by atoms with Crippen molar-refractivity contribution in [1.82, 2.24) is 0 Å². The van der Waals surface area contributed by atoms with Crippen molar-refractivity contribution in [2.24, 2.45) is 0 Å². The number of aliphatic hydroxyl groups excluding tert-OH is 4. The van der Waals surface area contributed by atoms with E-state index in [9.17, 15) is 20.1 Å². The van der Waals surface area contributed by atoms with Crippen LogP contribution in [0.25, 0.3) is 0 Å². The molecule has 1 aliphatic rings. The summed E-state index contributed by atoms with van der Waals surface area (Å²) in [6.07, 6.45) is -5.22. The Morgan fingerprint density at radius 3 is 2.33 bits per heavy atom. The number of hydrogen-bond donors (Lipinski definition) is 4. The molecule has 0 unspecified atom stereocenters. The summed E-state index contributed by atoms with van der Waals surface area (Å²) in [5, 5.41) is 37.1. The Bertz CT molecular complexity index is 326. The molecule has 0 aromatic heterocycles. The molecule has 1 heterocycles. The van der Waals surface area contributed by atoms with Crippen molar-refractivity contribution < 1.29 is 62.1 Å². The van der Waals surface area contributed by atoms with Crippen molar-refractivity contribution in [3.05, 3.63) is 0 Å². The van der Waals surface area contributed by atoms with E-state index >= 15 is 0 Å². The predicted molar refractivity (Wildman–Crippen MR) is 52.5 cm³/mol. The number of aliphatic hydroxyl groups is 4. The predicted octanol–water partition coefficient (Wildman–Crippen LogP) is -3.42. The molecule has 1 radical (unpaired) electrons. The molecule has 0 amide bonds. The molecule has 0 spiro atoms. The van der Waals surface area contributed by atoms with Crippen LogP contribution in [-0.4, -0.2) is 77.3 Å². The number of carbonyl (C=O) groups is 1. The third-order valence-corrected chi connectivity index (χ3v) is 2.85. The van der Waals surface area contributed by atoms with E-state index in [1.807, 2.05) is 0 Å². The van der Waals surface area contributed by atoms with Gasteiger partial charge in [-0.3, -0.25) is 0 Å². The summed E-state index contributed by atoms with van der Waals surface area (Å²) in [4.78, 5) is 19.8. The van der Waals surface area contributed by atoms with Gasteiger partial charge in [-0.25, -0.2) is 0 Å². The first-order valence-electron chi connectivity index (χ1n) is 4.60. The molecule has 18 heavy (non-hydrogen) atoms. The SMILES string of the molecule is CC(=O)O[C@]1([C@@H](O)[C@H](O)[C@H](O)CO)OOC1=[Se].[Au]. The Balaban J connectivity index is 0.00000289. The molecule has 109 valence electrons. The van der Waals surface area contributed by atoms with Gasteiger partial charge in [-0.15, -0.1) is 0 Å². The molecule has 1 aliphatic heterocycles. The Labute approximate surface area is 126 Å². The van der Waals surface area contributed by atoms with E-state index in [1.165, 1.54) is 0 Å². The Morgan fingerprint density at radius 1 is 1.50 bits per heavy atom. The monoisotopic (exact) mass is 513 g/mol. The van der Waals surface area contributed by atoms with Crippen molar-refractivity contribution in [1.29, 1.82) is 0 Å². The van der Waals surface area contributed by atoms with Crippen LogP contribution < -0.4 is 0 Å². The molecular formula is C8H12AuO8Se. The maximum atomic E-state index is 10.9. The maximum Gasteiger partial charge on any atom is 0 e. The quantitative estimate of drug-likeness (QED) is 0.171. The molecule has 0 saturated carbocycles. The van der Waals surface area contributed by atoms with Gasteiger partial charge in [0.2, 0.25) is 0 Å². The maximum absolute atomic E-state index is 10.9. The van der Waals surface area contributed by atoms with Gasteiger partial charge in [0.1, 0.15) is 0 Å². The van der Waals surface area contributed by atoms with Crippen LogP contribution in [0.3, 0.4) is 0 Å².